The second-order valence-electron chi connectivity index (χ2n) is 6.69. The van der Waals surface area contributed by atoms with E-state index in [0.717, 1.165) is 17.7 Å². The van der Waals surface area contributed by atoms with Crippen LogP contribution in [0.3, 0.4) is 0 Å². The minimum atomic E-state index is -4.65. The molecule has 1 aromatic carbocycles. The molecule has 10 heteroatoms. The summed E-state index contributed by atoms with van der Waals surface area (Å²) in [5.41, 5.74) is -0.557. The molecule has 0 radical (unpaired) electrons. The molecule has 0 aliphatic carbocycles. The lowest BCUT2D eigenvalue weighted by atomic mass is 10.1. The van der Waals surface area contributed by atoms with Gasteiger partial charge in [0.25, 0.3) is 5.69 Å². The lowest BCUT2D eigenvalue weighted by molar-refractivity contribution is -0.384. The zero-order valence-corrected chi connectivity index (χ0v) is 15.4. The normalized spacial score (nSPS) is 14.7. The molecule has 0 atom stereocenters. The van der Waals surface area contributed by atoms with Crippen molar-refractivity contribution in [3.05, 3.63) is 64.0 Å². The predicted molar refractivity (Wildman–Crippen MR) is 99.4 cm³/mol. The first-order valence-corrected chi connectivity index (χ1v) is 9.03. The van der Waals surface area contributed by atoms with Crippen LogP contribution in [-0.4, -0.2) is 46.9 Å². The van der Waals surface area contributed by atoms with Crippen molar-refractivity contribution in [2.24, 2.45) is 0 Å². The van der Waals surface area contributed by atoms with E-state index in [9.17, 15) is 28.1 Å². The fraction of sp³-hybridized carbons (Fsp3) is 0.368. The maximum absolute atomic E-state index is 12.9. The summed E-state index contributed by atoms with van der Waals surface area (Å²) in [7, 11) is 0. The Hall–Kier alpha value is -3.17. The van der Waals surface area contributed by atoms with Crippen LogP contribution >= 0.6 is 0 Å². The minimum Gasteiger partial charge on any atom is -0.362 e. The van der Waals surface area contributed by atoms with Crippen molar-refractivity contribution in [1.82, 2.24) is 9.88 Å². The second kappa shape index (κ2) is 8.46. The molecule has 0 unspecified atom stereocenters. The first kappa shape index (κ1) is 20.6. The number of carbonyl (C=O) groups is 1. The quantitative estimate of drug-likeness (QED) is 0.560. The van der Waals surface area contributed by atoms with Gasteiger partial charge in [-0.1, -0.05) is 6.07 Å². The summed E-state index contributed by atoms with van der Waals surface area (Å²) < 4.78 is 38.6. The van der Waals surface area contributed by atoms with Crippen molar-refractivity contribution >= 4 is 17.3 Å². The molecular formula is C19H19F3N4O3. The summed E-state index contributed by atoms with van der Waals surface area (Å²) in [4.78, 5) is 30.2. The van der Waals surface area contributed by atoms with Gasteiger partial charge in [-0.3, -0.25) is 19.9 Å². The number of pyridine rings is 1. The van der Waals surface area contributed by atoms with Crippen LogP contribution in [0.2, 0.25) is 0 Å². The van der Waals surface area contributed by atoms with Crippen LogP contribution in [0.25, 0.3) is 0 Å². The standard InChI is InChI=1S/C19H19F3N4O3/c20-19(21,22)15-4-5-16(17(12-15)26(28)29)24-8-10-25(11-9-24)18(27)6-3-14-2-1-7-23-13-14/h1-2,4-5,7,12-13H,3,6,8-11H2. The molecule has 2 heterocycles. The molecule has 0 N–H and O–H groups in total. The topological polar surface area (TPSA) is 79.6 Å². The average molecular weight is 408 g/mol. The van der Waals surface area contributed by atoms with E-state index < -0.39 is 22.4 Å². The molecule has 0 spiro atoms. The highest BCUT2D eigenvalue weighted by atomic mass is 19.4. The molecular weight excluding hydrogens is 389 g/mol. The van der Waals surface area contributed by atoms with Crippen LogP contribution < -0.4 is 4.90 Å². The van der Waals surface area contributed by atoms with E-state index in [1.807, 2.05) is 6.07 Å². The van der Waals surface area contributed by atoms with Gasteiger partial charge in [-0.25, -0.2) is 0 Å². The van der Waals surface area contributed by atoms with Gasteiger partial charge in [0.1, 0.15) is 5.69 Å². The van der Waals surface area contributed by atoms with Crippen molar-refractivity contribution in [2.45, 2.75) is 19.0 Å². The lowest BCUT2D eigenvalue weighted by Gasteiger charge is -2.36. The van der Waals surface area contributed by atoms with Crippen LogP contribution in [-0.2, 0) is 17.4 Å². The molecule has 0 bridgehead atoms. The Morgan fingerprint density at radius 1 is 1.17 bits per heavy atom. The minimum absolute atomic E-state index is 0.0320. The highest BCUT2D eigenvalue weighted by Gasteiger charge is 2.34. The van der Waals surface area contributed by atoms with Gasteiger partial charge in [0.2, 0.25) is 5.91 Å². The molecule has 1 amide bonds. The third-order valence-corrected chi connectivity index (χ3v) is 4.82. The number of benzene rings is 1. The van der Waals surface area contributed by atoms with Gasteiger partial charge in [0.15, 0.2) is 0 Å². The van der Waals surface area contributed by atoms with E-state index in [-0.39, 0.29) is 11.6 Å². The third kappa shape index (κ3) is 5.01. The van der Waals surface area contributed by atoms with Gasteiger partial charge in [-0.2, -0.15) is 13.2 Å². The van der Waals surface area contributed by atoms with Crippen molar-refractivity contribution in [2.75, 3.05) is 31.1 Å². The van der Waals surface area contributed by atoms with Crippen molar-refractivity contribution < 1.29 is 22.9 Å². The van der Waals surface area contributed by atoms with E-state index in [4.69, 9.17) is 0 Å². The number of nitrogens with zero attached hydrogens (tertiary/aromatic N) is 4. The number of alkyl halides is 3. The van der Waals surface area contributed by atoms with E-state index in [1.165, 1.54) is 0 Å². The fourth-order valence-corrected chi connectivity index (χ4v) is 3.27. The van der Waals surface area contributed by atoms with E-state index in [0.29, 0.717) is 45.1 Å². The van der Waals surface area contributed by atoms with Gasteiger partial charge in [-0.15, -0.1) is 0 Å². The smallest absolute Gasteiger partial charge is 0.362 e. The number of nitro groups is 1. The highest BCUT2D eigenvalue weighted by Crippen LogP contribution is 2.36. The number of anilines is 1. The third-order valence-electron chi connectivity index (χ3n) is 4.82. The molecule has 1 aliphatic rings. The highest BCUT2D eigenvalue weighted by molar-refractivity contribution is 5.77. The van der Waals surface area contributed by atoms with Gasteiger partial charge >= 0.3 is 6.18 Å². The zero-order valence-electron chi connectivity index (χ0n) is 15.4. The van der Waals surface area contributed by atoms with Gasteiger partial charge in [-0.05, 0) is 30.2 Å². The van der Waals surface area contributed by atoms with Crippen LogP contribution in [0.4, 0.5) is 24.5 Å². The summed E-state index contributed by atoms with van der Waals surface area (Å²) in [5, 5.41) is 11.3. The monoisotopic (exact) mass is 408 g/mol. The zero-order chi connectivity index (χ0) is 21.0. The number of piperazine rings is 1. The largest absolute Gasteiger partial charge is 0.416 e. The van der Waals surface area contributed by atoms with E-state index >= 15 is 0 Å². The Bertz CT molecular complexity index is 882. The SMILES string of the molecule is O=C(CCc1cccnc1)N1CCN(c2ccc(C(F)(F)F)cc2[N+](=O)[O-])CC1. The summed E-state index contributed by atoms with van der Waals surface area (Å²) in [6.07, 6.45) is -0.397. The summed E-state index contributed by atoms with van der Waals surface area (Å²) in [6, 6.07) is 6.22. The van der Waals surface area contributed by atoms with E-state index in [2.05, 4.69) is 4.98 Å². The average Bonchev–Trinajstić information content (AvgIpc) is 2.71. The first-order valence-electron chi connectivity index (χ1n) is 9.03. The number of amides is 1. The van der Waals surface area contributed by atoms with E-state index in [1.54, 1.807) is 28.3 Å². The molecule has 2 aromatic rings. The molecule has 1 fully saturated rings. The number of hydrogen-bond donors (Lipinski definition) is 0. The second-order valence-corrected chi connectivity index (χ2v) is 6.69. The lowest BCUT2D eigenvalue weighted by Crippen LogP contribution is -2.49. The first-order chi connectivity index (χ1) is 13.8. The fourth-order valence-electron chi connectivity index (χ4n) is 3.27. The number of carbonyl (C=O) groups excluding carboxylic acids is 1. The molecule has 7 nitrogen and oxygen atoms in total. The summed E-state index contributed by atoms with van der Waals surface area (Å²) >= 11 is 0. The Morgan fingerprint density at radius 2 is 1.90 bits per heavy atom. The van der Waals surface area contributed by atoms with Crippen LogP contribution in [0.15, 0.2) is 42.7 Å². The summed E-state index contributed by atoms with van der Waals surface area (Å²) in [6.45, 7) is 1.32. The number of aromatic nitrogens is 1. The molecule has 1 aliphatic heterocycles. The van der Waals surface area contributed by atoms with Crippen molar-refractivity contribution in [3.63, 3.8) is 0 Å². The molecule has 1 aromatic heterocycles. The van der Waals surface area contributed by atoms with Gasteiger partial charge in [0.05, 0.1) is 10.5 Å². The Balaban J connectivity index is 1.63. The molecule has 0 saturated carbocycles. The Labute approximate surface area is 164 Å². The number of nitro benzene ring substituents is 1. The number of halogens is 3. The molecule has 1 saturated heterocycles. The molecule has 154 valence electrons. The maximum Gasteiger partial charge on any atom is 0.416 e. The Morgan fingerprint density at radius 3 is 2.48 bits per heavy atom. The van der Waals surface area contributed by atoms with Crippen LogP contribution in [0.1, 0.15) is 17.5 Å². The summed E-state index contributed by atoms with van der Waals surface area (Å²) in [5.74, 6) is -0.0320. The van der Waals surface area contributed by atoms with Gasteiger partial charge < -0.3 is 9.80 Å². The predicted octanol–water partition coefficient (Wildman–Crippen LogP) is 3.29. The van der Waals surface area contributed by atoms with Crippen molar-refractivity contribution in [1.29, 1.82) is 0 Å². The molecule has 29 heavy (non-hydrogen) atoms. The van der Waals surface area contributed by atoms with Gasteiger partial charge in [0, 0.05) is 51.1 Å². The maximum atomic E-state index is 12.9. The van der Waals surface area contributed by atoms with Crippen LogP contribution in [0.5, 0.6) is 0 Å². The molecule has 3 rings (SSSR count). The Kier molecular flexibility index (Phi) is 6.00. The van der Waals surface area contributed by atoms with Crippen LogP contribution in [0, 0.1) is 10.1 Å². The van der Waals surface area contributed by atoms with Crippen molar-refractivity contribution in [3.8, 4) is 0 Å². The number of aryl methyl sites for hydroxylation is 1. The number of rotatable bonds is 5. The number of hydrogen-bond acceptors (Lipinski definition) is 5.